The second kappa shape index (κ2) is 8.11. The largest absolute Gasteiger partial charge is 0.506 e. The Morgan fingerprint density at radius 2 is 1.84 bits per heavy atom. The molecule has 0 bridgehead atoms. The highest BCUT2D eigenvalue weighted by atomic mass is 19.2. The molecule has 0 radical (unpaired) electrons. The highest BCUT2D eigenvalue weighted by Crippen LogP contribution is 2.25. The maximum absolute atomic E-state index is 13.8. The Balaban J connectivity index is 3.58. The number of hydrogen-bond donors (Lipinski definition) is 2. The van der Waals surface area contributed by atoms with Gasteiger partial charge in [-0.1, -0.05) is 0 Å². The summed E-state index contributed by atoms with van der Waals surface area (Å²) in [6.45, 7) is 3.90. The fourth-order valence-electron chi connectivity index (χ4n) is 1.59. The van der Waals surface area contributed by atoms with Crippen LogP contribution in [0.3, 0.4) is 0 Å². The molecule has 0 atom stereocenters. The van der Waals surface area contributed by atoms with Gasteiger partial charge < -0.3 is 14.9 Å². The molecule has 0 aliphatic heterocycles. The van der Waals surface area contributed by atoms with Crippen molar-refractivity contribution in [3.63, 3.8) is 0 Å². The lowest BCUT2D eigenvalue weighted by atomic mass is 10.1. The zero-order chi connectivity index (χ0) is 19.4. The summed E-state index contributed by atoms with van der Waals surface area (Å²) in [5.74, 6) is -10.2. The van der Waals surface area contributed by atoms with E-state index >= 15 is 0 Å². The number of nitrogens with zero attached hydrogens (tertiary/aromatic N) is 1. The minimum Gasteiger partial charge on any atom is -0.506 e. The minimum absolute atomic E-state index is 0.110. The molecule has 0 fully saturated rings. The van der Waals surface area contributed by atoms with Crippen molar-refractivity contribution in [3.05, 3.63) is 40.5 Å². The van der Waals surface area contributed by atoms with E-state index in [1.54, 1.807) is 0 Å². The Morgan fingerprint density at radius 1 is 1.24 bits per heavy atom. The summed E-state index contributed by atoms with van der Waals surface area (Å²) in [5.41, 5.74) is -2.85. The van der Waals surface area contributed by atoms with E-state index in [9.17, 15) is 27.5 Å². The number of rotatable bonds is 6. The molecule has 0 aromatic heterocycles. The normalized spacial score (nSPS) is 13.1. The smallest absolute Gasteiger partial charge is 0.343 e. The summed E-state index contributed by atoms with van der Waals surface area (Å²) in [7, 11) is 0. The van der Waals surface area contributed by atoms with Crippen LogP contribution in [-0.2, 0) is 9.53 Å². The fourth-order valence-corrected chi connectivity index (χ4v) is 1.59. The zero-order valence-corrected chi connectivity index (χ0v) is 13.7. The number of hydrogen-bond acceptors (Lipinski definition) is 5. The van der Waals surface area contributed by atoms with Gasteiger partial charge in [-0.25, -0.2) is 22.4 Å². The molecule has 0 saturated heterocycles. The first-order valence-electron chi connectivity index (χ1n) is 7.15. The Labute approximate surface area is 141 Å². The number of aliphatic hydroxyl groups excluding tert-OH is 2. The summed E-state index contributed by atoms with van der Waals surface area (Å²) < 4.78 is 58.2. The highest BCUT2D eigenvalue weighted by molar-refractivity contribution is 6.15. The van der Waals surface area contributed by atoms with Crippen LogP contribution < -0.4 is 0 Å². The molecule has 25 heavy (non-hydrogen) atoms. The molecule has 9 heteroatoms. The zero-order valence-electron chi connectivity index (χ0n) is 13.7. The van der Waals surface area contributed by atoms with Crippen molar-refractivity contribution >= 4 is 17.9 Å². The number of carbonyl (C=O) groups is 1. The molecule has 5 nitrogen and oxygen atoms in total. The van der Waals surface area contributed by atoms with Crippen molar-refractivity contribution in [2.75, 3.05) is 13.2 Å². The van der Waals surface area contributed by atoms with Crippen molar-refractivity contribution in [2.45, 2.75) is 26.3 Å². The standard InChI is InChI=1S/C16H17F4NO4/c1-4-25-15(24)9(6-21-16(2,3)7-22)14(23)8-5-10(17)12(19)13(20)11(8)18/h5-6,22-23H,4,7H2,1-3H3/b14-9-,21-6?. The van der Waals surface area contributed by atoms with Crippen LogP contribution in [0.4, 0.5) is 17.6 Å². The predicted molar refractivity (Wildman–Crippen MR) is 82.1 cm³/mol. The fraction of sp³-hybridized carbons (Fsp3) is 0.375. The average molecular weight is 363 g/mol. The van der Waals surface area contributed by atoms with Gasteiger partial charge in [0.25, 0.3) is 0 Å². The van der Waals surface area contributed by atoms with E-state index in [-0.39, 0.29) is 12.7 Å². The van der Waals surface area contributed by atoms with E-state index in [1.807, 2.05) is 0 Å². The van der Waals surface area contributed by atoms with Gasteiger partial charge in [-0.15, -0.1) is 0 Å². The third-order valence-electron chi connectivity index (χ3n) is 3.04. The first-order valence-corrected chi connectivity index (χ1v) is 7.15. The second-order valence-electron chi connectivity index (χ2n) is 5.56. The molecule has 1 aromatic carbocycles. The third-order valence-corrected chi connectivity index (χ3v) is 3.04. The van der Waals surface area contributed by atoms with Crippen molar-refractivity contribution < 1.29 is 37.3 Å². The number of benzene rings is 1. The van der Waals surface area contributed by atoms with E-state index in [0.717, 1.165) is 6.21 Å². The first-order chi connectivity index (χ1) is 11.6. The van der Waals surface area contributed by atoms with Crippen molar-refractivity contribution in [2.24, 2.45) is 4.99 Å². The molecule has 0 amide bonds. The van der Waals surface area contributed by atoms with E-state index in [1.165, 1.54) is 20.8 Å². The number of carbonyl (C=O) groups excluding carboxylic acids is 1. The van der Waals surface area contributed by atoms with Crippen LogP contribution in [0, 0.1) is 23.3 Å². The molecule has 138 valence electrons. The molecule has 0 heterocycles. The predicted octanol–water partition coefficient (Wildman–Crippen LogP) is 2.92. The quantitative estimate of drug-likeness (QED) is 0.155. The van der Waals surface area contributed by atoms with Gasteiger partial charge in [0.2, 0.25) is 0 Å². The van der Waals surface area contributed by atoms with Crippen LogP contribution in [-0.4, -0.2) is 41.1 Å². The van der Waals surface area contributed by atoms with Gasteiger partial charge in [0.05, 0.1) is 24.3 Å². The Hall–Kier alpha value is -2.42. The maximum Gasteiger partial charge on any atom is 0.343 e. The molecule has 1 rings (SSSR count). The summed E-state index contributed by atoms with van der Waals surface area (Å²) in [4.78, 5) is 15.8. The maximum atomic E-state index is 13.8. The van der Waals surface area contributed by atoms with Crippen LogP contribution in [0.5, 0.6) is 0 Å². The van der Waals surface area contributed by atoms with Crippen molar-refractivity contribution in [3.8, 4) is 0 Å². The average Bonchev–Trinajstić information content (AvgIpc) is 2.56. The number of aliphatic hydroxyl groups is 2. The summed E-state index contributed by atoms with van der Waals surface area (Å²) in [5, 5.41) is 19.2. The van der Waals surface area contributed by atoms with E-state index < -0.39 is 58.3 Å². The van der Waals surface area contributed by atoms with Gasteiger partial charge in [0.15, 0.2) is 23.3 Å². The van der Waals surface area contributed by atoms with E-state index in [2.05, 4.69) is 9.73 Å². The van der Waals surface area contributed by atoms with Crippen LogP contribution in [0.2, 0.25) is 0 Å². The number of esters is 1. The lowest BCUT2D eigenvalue weighted by molar-refractivity contribution is -0.137. The van der Waals surface area contributed by atoms with Gasteiger partial charge in [-0.2, -0.15) is 0 Å². The highest BCUT2D eigenvalue weighted by Gasteiger charge is 2.25. The Kier molecular flexibility index (Phi) is 6.69. The van der Waals surface area contributed by atoms with Crippen LogP contribution in [0.1, 0.15) is 26.3 Å². The molecule has 2 N–H and O–H groups in total. The van der Waals surface area contributed by atoms with E-state index in [4.69, 9.17) is 5.11 Å². The summed E-state index contributed by atoms with van der Waals surface area (Å²) >= 11 is 0. The SMILES string of the molecule is CCOC(=O)/C(C=NC(C)(C)CO)=C(\O)c1cc(F)c(F)c(F)c1F. The molecule has 0 unspecified atom stereocenters. The summed E-state index contributed by atoms with van der Waals surface area (Å²) in [6.07, 6.45) is 0.780. The molecule has 1 aromatic rings. The van der Waals surface area contributed by atoms with Crippen molar-refractivity contribution in [1.29, 1.82) is 0 Å². The van der Waals surface area contributed by atoms with Crippen LogP contribution in [0.25, 0.3) is 5.76 Å². The number of ether oxygens (including phenoxy) is 1. The molecule has 0 saturated carbocycles. The monoisotopic (exact) mass is 363 g/mol. The second-order valence-corrected chi connectivity index (χ2v) is 5.56. The topological polar surface area (TPSA) is 79.1 Å². The van der Waals surface area contributed by atoms with Gasteiger partial charge >= 0.3 is 5.97 Å². The minimum atomic E-state index is -2.14. The number of halogens is 4. The molecular weight excluding hydrogens is 346 g/mol. The molecule has 0 aliphatic rings. The third kappa shape index (κ3) is 4.79. The Bertz CT molecular complexity index is 729. The lowest BCUT2D eigenvalue weighted by Crippen LogP contribution is -2.23. The molecular formula is C16H17F4NO4. The summed E-state index contributed by atoms with van der Waals surface area (Å²) in [6, 6.07) is 0.202. The van der Waals surface area contributed by atoms with E-state index in [0.29, 0.717) is 0 Å². The van der Waals surface area contributed by atoms with Gasteiger partial charge in [-0.05, 0) is 26.8 Å². The van der Waals surface area contributed by atoms with Gasteiger partial charge in [-0.3, -0.25) is 4.99 Å². The molecule has 0 spiro atoms. The Morgan fingerprint density at radius 3 is 2.36 bits per heavy atom. The molecule has 0 aliphatic carbocycles. The number of aliphatic imine (C=N–C) groups is 1. The van der Waals surface area contributed by atoms with Crippen LogP contribution in [0.15, 0.2) is 16.6 Å². The lowest BCUT2D eigenvalue weighted by Gasteiger charge is -2.16. The van der Waals surface area contributed by atoms with Crippen molar-refractivity contribution in [1.82, 2.24) is 0 Å². The van der Waals surface area contributed by atoms with Gasteiger partial charge in [0.1, 0.15) is 11.3 Å². The first kappa shape index (κ1) is 20.6. The van der Waals surface area contributed by atoms with Crippen LogP contribution >= 0.6 is 0 Å². The van der Waals surface area contributed by atoms with Gasteiger partial charge in [0, 0.05) is 6.21 Å².